The molecule has 0 unspecified atom stereocenters. The van der Waals surface area contributed by atoms with Crippen LogP contribution in [0.15, 0.2) is 102 Å². The molecule has 2 heteroatoms. The van der Waals surface area contributed by atoms with Crippen molar-refractivity contribution in [2.45, 2.75) is 45.3 Å². The number of allylic oxidation sites excluding steroid dienone is 4. The van der Waals surface area contributed by atoms with E-state index in [1.165, 1.54) is 16.7 Å². The van der Waals surface area contributed by atoms with Gasteiger partial charge >= 0.3 is 0 Å². The van der Waals surface area contributed by atoms with Crippen LogP contribution in [0.5, 0.6) is 0 Å². The Morgan fingerprint density at radius 1 is 0.719 bits per heavy atom. The second-order valence-electron chi connectivity index (χ2n) is 9.63. The van der Waals surface area contributed by atoms with Gasteiger partial charge in [-0.3, -0.25) is 4.79 Å². The molecule has 1 aliphatic rings. The molecule has 0 atom stereocenters. The van der Waals surface area contributed by atoms with Gasteiger partial charge in [-0.2, -0.15) is 0 Å². The monoisotopic (exact) mass is 436 g/mol. The van der Waals surface area contributed by atoms with Gasteiger partial charge in [-0.15, -0.1) is 0 Å². The molecule has 0 amide bonds. The molecule has 0 bridgehead atoms. The van der Waals surface area contributed by atoms with Crippen LogP contribution in [-0.4, -0.2) is 13.9 Å². The number of benzene rings is 3. The molecule has 0 radical (unpaired) electrons. The van der Waals surface area contributed by atoms with Crippen molar-refractivity contribution in [3.05, 3.63) is 118 Å². The summed E-state index contributed by atoms with van der Waals surface area (Å²) in [4.78, 5) is 13.4. The Kier molecular flexibility index (Phi) is 6.71. The van der Waals surface area contributed by atoms with Gasteiger partial charge in [0.2, 0.25) is 0 Å². The number of hydrogen-bond donors (Lipinski definition) is 0. The highest BCUT2D eigenvalue weighted by molar-refractivity contribution is 6.83. The van der Waals surface area contributed by atoms with E-state index in [-0.39, 0.29) is 5.78 Å². The molecule has 32 heavy (non-hydrogen) atoms. The molecule has 1 aliphatic carbocycles. The standard InChI is InChI=1S/C30H32OSi/c1-32(2,3)28(21-13-16-23-14-7-4-8-15-23)26-22-27(31)30(25-19-11-6-12-20-25)29(26)24-17-9-5-10-18-24/h4-12,14-15,17-20H,13,16,21-22H2,1-3H3/b28-26-. The average molecular weight is 437 g/mol. The number of hydrogen-bond acceptors (Lipinski definition) is 1. The van der Waals surface area contributed by atoms with Crippen molar-refractivity contribution < 1.29 is 4.79 Å². The summed E-state index contributed by atoms with van der Waals surface area (Å²) in [5.41, 5.74) is 6.94. The second-order valence-corrected chi connectivity index (χ2v) is 14.7. The van der Waals surface area contributed by atoms with Crippen LogP contribution >= 0.6 is 0 Å². The van der Waals surface area contributed by atoms with E-state index in [4.69, 9.17) is 0 Å². The van der Waals surface area contributed by atoms with Gasteiger partial charge in [-0.1, -0.05) is 116 Å². The van der Waals surface area contributed by atoms with E-state index >= 15 is 0 Å². The van der Waals surface area contributed by atoms with Gasteiger partial charge in [-0.05, 0) is 47.1 Å². The molecule has 0 heterocycles. The lowest BCUT2D eigenvalue weighted by atomic mass is 9.94. The molecular weight excluding hydrogens is 404 g/mol. The zero-order chi connectivity index (χ0) is 22.6. The molecule has 3 aromatic carbocycles. The maximum atomic E-state index is 13.4. The highest BCUT2D eigenvalue weighted by Gasteiger charge is 2.34. The van der Waals surface area contributed by atoms with Crippen LogP contribution in [0.25, 0.3) is 11.1 Å². The molecule has 162 valence electrons. The lowest BCUT2D eigenvalue weighted by molar-refractivity contribution is -0.112. The topological polar surface area (TPSA) is 17.1 Å². The highest BCUT2D eigenvalue weighted by Crippen LogP contribution is 2.45. The molecule has 0 fully saturated rings. The number of carbonyl (C=O) groups excluding carboxylic acids is 1. The lowest BCUT2D eigenvalue weighted by Gasteiger charge is -2.25. The third-order valence-corrected chi connectivity index (χ3v) is 8.66. The van der Waals surface area contributed by atoms with Crippen LogP contribution in [0.1, 0.15) is 36.0 Å². The third-order valence-electron chi connectivity index (χ3n) is 6.30. The Balaban J connectivity index is 1.81. The summed E-state index contributed by atoms with van der Waals surface area (Å²) >= 11 is 0. The van der Waals surface area contributed by atoms with E-state index in [1.807, 2.05) is 24.3 Å². The molecule has 1 nitrogen and oxygen atoms in total. The molecule has 0 aliphatic heterocycles. The van der Waals surface area contributed by atoms with Crippen LogP contribution in [0.3, 0.4) is 0 Å². The van der Waals surface area contributed by atoms with E-state index in [0.29, 0.717) is 6.42 Å². The number of rotatable bonds is 7. The first-order valence-electron chi connectivity index (χ1n) is 11.6. The summed E-state index contributed by atoms with van der Waals surface area (Å²) in [7, 11) is -1.63. The molecule has 3 aromatic rings. The summed E-state index contributed by atoms with van der Waals surface area (Å²) in [6.45, 7) is 7.27. The third kappa shape index (κ3) is 4.92. The minimum atomic E-state index is -1.63. The number of ketones is 1. The molecular formula is C30H32OSi. The summed E-state index contributed by atoms with van der Waals surface area (Å²) in [5.74, 6) is 0.254. The largest absolute Gasteiger partial charge is 0.294 e. The molecule has 0 saturated heterocycles. The predicted octanol–water partition coefficient (Wildman–Crippen LogP) is 7.77. The molecule has 4 rings (SSSR count). The van der Waals surface area contributed by atoms with Gasteiger partial charge in [0, 0.05) is 12.0 Å². The van der Waals surface area contributed by atoms with Crippen molar-refractivity contribution >= 4 is 25.0 Å². The van der Waals surface area contributed by atoms with E-state index in [2.05, 4.69) is 86.4 Å². The average Bonchev–Trinajstić information content (AvgIpc) is 3.14. The Labute approximate surface area is 193 Å². The Morgan fingerprint density at radius 2 is 1.22 bits per heavy atom. The zero-order valence-corrected chi connectivity index (χ0v) is 20.4. The van der Waals surface area contributed by atoms with Crippen molar-refractivity contribution in [3.8, 4) is 0 Å². The zero-order valence-electron chi connectivity index (χ0n) is 19.4. The molecule has 0 spiro atoms. The van der Waals surface area contributed by atoms with Crippen LogP contribution < -0.4 is 0 Å². The number of Topliss-reactive ketones (excluding diaryl/α,β-unsaturated/α-hetero) is 1. The molecule has 0 aromatic heterocycles. The number of carbonyl (C=O) groups is 1. The van der Waals surface area contributed by atoms with Crippen molar-refractivity contribution in [2.75, 3.05) is 0 Å². The van der Waals surface area contributed by atoms with Crippen molar-refractivity contribution in [1.29, 1.82) is 0 Å². The molecule has 0 N–H and O–H groups in total. The SMILES string of the molecule is C[Si](C)(C)/C(CCCc1ccccc1)=C1/CC(=O)C(c2ccccc2)=C1c1ccccc1. The Hall–Kier alpha value is -2.97. The lowest BCUT2D eigenvalue weighted by Crippen LogP contribution is -2.26. The first-order valence-corrected chi connectivity index (χ1v) is 15.1. The summed E-state index contributed by atoms with van der Waals surface area (Å²) < 4.78 is 0. The van der Waals surface area contributed by atoms with Gasteiger partial charge < -0.3 is 0 Å². The van der Waals surface area contributed by atoms with Crippen LogP contribution in [0.2, 0.25) is 19.6 Å². The summed E-state index contributed by atoms with van der Waals surface area (Å²) in [6, 6.07) is 31.5. The summed E-state index contributed by atoms with van der Waals surface area (Å²) in [6.07, 6.45) is 3.78. The van der Waals surface area contributed by atoms with Gasteiger partial charge in [0.25, 0.3) is 0 Å². The van der Waals surface area contributed by atoms with Crippen molar-refractivity contribution in [3.63, 3.8) is 0 Å². The smallest absolute Gasteiger partial charge is 0.168 e. The maximum Gasteiger partial charge on any atom is 0.168 e. The van der Waals surface area contributed by atoms with Gasteiger partial charge in [-0.25, -0.2) is 0 Å². The van der Waals surface area contributed by atoms with Gasteiger partial charge in [0.15, 0.2) is 5.78 Å². The predicted molar refractivity (Wildman–Crippen MR) is 139 cm³/mol. The van der Waals surface area contributed by atoms with Crippen LogP contribution in [0.4, 0.5) is 0 Å². The second kappa shape index (κ2) is 9.66. The fourth-order valence-electron chi connectivity index (χ4n) is 4.81. The maximum absolute atomic E-state index is 13.4. The van der Waals surface area contributed by atoms with E-state index in [9.17, 15) is 4.79 Å². The van der Waals surface area contributed by atoms with Gasteiger partial charge in [0.1, 0.15) is 0 Å². The van der Waals surface area contributed by atoms with Crippen molar-refractivity contribution in [2.24, 2.45) is 0 Å². The van der Waals surface area contributed by atoms with E-state index in [0.717, 1.165) is 36.0 Å². The molecule has 0 saturated carbocycles. The fraction of sp³-hybridized carbons (Fsp3) is 0.233. The highest BCUT2D eigenvalue weighted by atomic mass is 28.3. The van der Waals surface area contributed by atoms with E-state index < -0.39 is 8.07 Å². The van der Waals surface area contributed by atoms with Crippen LogP contribution in [-0.2, 0) is 11.2 Å². The van der Waals surface area contributed by atoms with Crippen molar-refractivity contribution in [1.82, 2.24) is 0 Å². The van der Waals surface area contributed by atoms with Crippen LogP contribution in [0, 0.1) is 0 Å². The normalized spacial score (nSPS) is 15.9. The quantitative estimate of drug-likeness (QED) is 0.346. The fourth-order valence-corrected chi connectivity index (χ4v) is 6.86. The Bertz CT molecular complexity index is 1130. The number of aryl methyl sites for hydroxylation is 1. The minimum absolute atomic E-state index is 0.254. The van der Waals surface area contributed by atoms with Gasteiger partial charge in [0.05, 0.1) is 8.07 Å². The Morgan fingerprint density at radius 3 is 1.75 bits per heavy atom. The first kappa shape index (κ1) is 22.2. The summed E-state index contributed by atoms with van der Waals surface area (Å²) in [5, 5.41) is 1.55. The van der Waals surface area contributed by atoms with E-state index in [1.54, 1.807) is 5.20 Å². The first-order chi connectivity index (χ1) is 15.4. The minimum Gasteiger partial charge on any atom is -0.294 e.